The molecular weight excluding hydrogens is 777 g/mol. The van der Waals surface area contributed by atoms with Crippen molar-refractivity contribution in [3.8, 4) is 56.4 Å². The number of benzene rings is 7. The normalized spacial score (nSPS) is 11.7. The summed E-state index contributed by atoms with van der Waals surface area (Å²) >= 11 is 0. The maximum absolute atomic E-state index is 7.10. The Bertz CT molecular complexity index is 3710. The van der Waals surface area contributed by atoms with Gasteiger partial charge in [0.05, 0.1) is 0 Å². The summed E-state index contributed by atoms with van der Waals surface area (Å²) in [5, 5.41) is 2.33. The third-order valence-electron chi connectivity index (χ3n) is 12.0. The summed E-state index contributed by atoms with van der Waals surface area (Å²) in [6, 6.07) is 22.7. The van der Waals surface area contributed by atoms with Crippen molar-refractivity contribution in [2.75, 3.05) is 0 Å². The van der Waals surface area contributed by atoms with E-state index >= 15 is 0 Å². The van der Waals surface area contributed by atoms with Crippen LogP contribution in [0.25, 0.3) is 100 Å². The Labute approximate surface area is 394 Å². The zero-order valence-electron chi connectivity index (χ0n) is 34.2. The van der Waals surface area contributed by atoms with Gasteiger partial charge >= 0.3 is 0 Å². The second-order valence-corrected chi connectivity index (χ2v) is 15.6. The molecule has 20 heteroatoms. The molecule has 65 heavy (non-hydrogen) atoms. The molecule has 0 saturated heterocycles. The summed E-state index contributed by atoms with van der Waals surface area (Å²) in [5.74, 6) is 0.623. The van der Waals surface area contributed by atoms with E-state index in [0.717, 1.165) is 16.4 Å². The third kappa shape index (κ3) is 6.33. The lowest BCUT2D eigenvalue weighted by molar-refractivity contribution is 0.669. The van der Waals surface area contributed by atoms with Crippen LogP contribution in [-0.2, 0) is 0 Å². The van der Waals surface area contributed by atoms with Crippen molar-refractivity contribution >= 4 is 244 Å². The highest BCUT2D eigenvalue weighted by Crippen LogP contribution is 2.33. The van der Waals surface area contributed by atoms with Gasteiger partial charge in [-0.2, -0.15) is 0 Å². The first-order valence-corrected chi connectivity index (χ1v) is 19.7. The zero-order valence-corrected chi connectivity index (χ0v) is 34.2. The van der Waals surface area contributed by atoms with Gasteiger partial charge in [0.2, 0.25) is 0 Å². The number of para-hydroxylation sites is 1. The highest BCUT2D eigenvalue weighted by molar-refractivity contribution is 6.71. The van der Waals surface area contributed by atoms with Crippen LogP contribution in [0.4, 0.5) is 0 Å². The first-order valence-electron chi connectivity index (χ1n) is 19.7. The van der Waals surface area contributed by atoms with E-state index in [2.05, 4.69) is 0 Å². The van der Waals surface area contributed by atoms with Crippen molar-refractivity contribution in [1.82, 2.24) is 15.0 Å². The van der Waals surface area contributed by atoms with Crippen molar-refractivity contribution in [1.29, 1.82) is 0 Å². The van der Waals surface area contributed by atoms with Crippen LogP contribution in [0.5, 0.6) is 0 Å². The molecule has 0 unspecified atom stereocenters. The summed E-state index contributed by atoms with van der Waals surface area (Å²) in [4.78, 5) is 14.6. The maximum atomic E-state index is 7.10. The molecule has 7 aromatic carbocycles. The van der Waals surface area contributed by atoms with Crippen molar-refractivity contribution < 1.29 is 8.83 Å². The van der Waals surface area contributed by atoms with Gasteiger partial charge in [0, 0.05) is 43.8 Å². The Morgan fingerprint density at radius 1 is 0.292 bits per heavy atom. The highest BCUT2D eigenvalue weighted by Gasteiger charge is 2.28. The number of fused-ring (bicyclic) bond motifs is 6. The summed E-state index contributed by atoms with van der Waals surface area (Å²) in [6.45, 7) is 0. The zero-order chi connectivity index (χ0) is 46.1. The summed E-state index contributed by atoms with van der Waals surface area (Å²) in [5.41, 5.74) is 2.18. The van der Waals surface area contributed by atoms with Crippen molar-refractivity contribution in [3.63, 3.8) is 0 Å². The second-order valence-electron chi connectivity index (χ2n) is 15.6. The fraction of sp³-hybridized carbons (Fsp3) is 0. The molecule has 0 N–H and O–H groups in total. The van der Waals surface area contributed by atoms with Crippen LogP contribution in [0.3, 0.4) is 0 Å². The van der Waals surface area contributed by atoms with Gasteiger partial charge in [-0.05, 0) is 34.9 Å². The van der Waals surface area contributed by atoms with Gasteiger partial charge in [0.25, 0.3) is 0 Å². The first kappa shape index (κ1) is 43.0. The van der Waals surface area contributed by atoms with E-state index < -0.39 is 0 Å². The molecular formula is C45H12B15N3O2. The van der Waals surface area contributed by atoms with E-state index in [4.69, 9.17) is 141 Å². The molecule has 3 heterocycles. The van der Waals surface area contributed by atoms with Crippen LogP contribution in [-0.4, -0.2) is 133 Å². The topological polar surface area (TPSA) is 65.0 Å². The standard InChI is InChI=1S/C45H12B15N3O2/c46-26-19(20-27(47)29(49)21(30(50)28(20)48)22-32(52)37(57)33(53)23-24-34(54)38(58)39(59)40(60)42(24)65-41(22)23)31(51)36(56)35(55)25(26)45-62-43(13-6-2-1-3-7-13)61-44(63-45)14-10-11-16-15-8-4-5-9-17(15)64-18(16)12-14/h1-12H. The van der Waals surface area contributed by atoms with Crippen molar-refractivity contribution in [2.24, 2.45) is 0 Å². The lowest BCUT2D eigenvalue weighted by Crippen LogP contribution is -2.51. The molecule has 0 aliphatic carbocycles. The molecule has 0 aliphatic rings. The molecule has 0 atom stereocenters. The molecule has 0 fully saturated rings. The molecule has 264 valence electrons. The Hall–Kier alpha value is -5.88. The smallest absolute Gasteiger partial charge is 0.164 e. The minimum atomic E-state index is -0.132. The Morgan fingerprint density at radius 2 is 0.738 bits per heavy atom. The minimum Gasteiger partial charge on any atom is -0.456 e. The quantitative estimate of drug-likeness (QED) is 0.163. The van der Waals surface area contributed by atoms with E-state index in [-0.39, 0.29) is 143 Å². The summed E-state index contributed by atoms with van der Waals surface area (Å²) in [7, 11) is 100. The van der Waals surface area contributed by atoms with Crippen molar-refractivity contribution in [3.05, 3.63) is 72.8 Å². The van der Waals surface area contributed by atoms with Gasteiger partial charge in [-0.1, -0.05) is 115 Å². The Morgan fingerprint density at radius 3 is 1.40 bits per heavy atom. The van der Waals surface area contributed by atoms with Crippen molar-refractivity contribution in [2.45, 2.75) is 0 Å². The molecule has 0 aliphatic heterocycles. The first-order chi connectivity index (χ1) is 31.0. The highest BCUT2D eigenvalue weighted by atomic mass is 16.3. The van der Waals surface area contributed by atoms with E-state index in [9.17, 15) is 0 Å². The number of hydrogen-bond donors (Lipinski definition) is 0. The number of nitrogens with zero attached hydrogens (tertiary/aromatic N) is 3. The fourth-order valence-electron chi connectivity index (χ4n) is 8.55. The monoisotopic (exact) mass is 791 g/mol. The van der Waals surface area contributed by atoms with Gasteiger partial charge in [-0.15, -0.1) is 21.9 Å². The molecule has 10 aromatic rings. The van der Waals surface area contributed by atoms with E-state index in [0.29, 0.717) is 22.5 Å². The molecule has 0 spiro atoms. The van der Waals surface area contributed by atoms with Crippen LogP contribution < -0.4 is 81.9 Å². The molecule has 30 radical (unpaired) electrons. The van der Waals surface area contributed by atoms with Crippen LogP contribution in [0.15, 0.2) is 81.6 Å². The summed E-state index contributed by atoms with van der Waals surface area (Å²) in [6.07, 6.45) is 0. The molecule has 3 aromatic heterocycles. The van der Waals surface area contributed by atoms with Gasteiger partial charge < -0.3 is 8.83 Å². The van der Waals surface area contributed by atoms with Gasteiger partial charge in [0.15, 0.2) is 17.5 Å². The molecule has 0 saturated carbocycles. The van der Waals surface area contributed by atoms with E-state index in [1.807, 2.05) is 72.8 Å². The molecule has 0 bridgehead atoms. The number of aromatic nitrogens is 3. The average Bonchev–Trinajstić information content (AvgIpc) is 3.90. The maximum Gasteiger partial charge on any atom is 0.164 e. The molecule has 5 nitrogen and oxygen atoms in total. The van der Waals surface area contributed by atoms with E-state index in [1.54, 1.807) is 0 Å². The minimum absolute atomic E-state index is 0.00171. The van der Waals surface area contributed by atoms with Gasteiger partial charge in [-0.3, -0.25) is 0 Å². The van der Waals surface area contributed by atoms with Gasteiger partial charge in [0.1, 0.15) is 140 Å². The van der Waals surface area contributed by atoms with Crippen LogP contribution in [0.2, 0.25) is 0 Å². The lowest BCUT2D eigenvalue weighted by atomic mass is 9.56. The largest absolute Gasteiger partial charge is 0.456 e. The number of rotatable bonds is 5. The predicted molar refractivity (Wildman–Crippen MR) is 282 cm³/mol. The van der Waals surface area contributed by atoms with Crippen LogP contribution in [0, 0.1) is 0 Å². The number of furan rings is 2. The second kappa shape index (κ2) is 15.6. The SMILES string of the molecule is [B]c1c([B])c(-c2nc(-c3ccccc3)nc(-c3ccc4c(c3)oc3ccccc34)n2)c([B])c(-c2c([B])c([B])c(-c3c([B])c([B])c([B])c4c3oc3c([B])c([B])c([B])c([B])c34)c([B])c2[B])c1[B]. The fourth-order valence-corrected chi connectivity index (χ4v) is 8.55. The number of hydrogen-bond acceptors (Lipinski definition) is 5. The van der Waals surface area contributed by atoms with Crippen LogP contribution in [0.1, 0.15) is 0 Å². The molecule has 0 amide bonds. The Kier molecular flexibility index (Phi) is 10.4. The van der Waals surface area contributed by atoms with E-state index in [1.165, 1.54) is 0 Å². The summed E-state index contributed by atoms with van der Waals surface area (Å²) < 4.78 is 12.5. The predicted octanol–water partition coefficient (Wildman–Crippen LogP) is -6.09. The third-order valence-corrected chi connectivity index (χ3v) is 12.0. The van der Waals surface area contributed by atoms with Crippen LogP contribution >= 0.6 is 0 Å². The molecule has 10 rings (SSSR count). The Balaban J connectivity index is 1.21. The average molecular weight is 789 g/mol. The van der Waals surface area contributed by atoms with Gasteiger partial charge in [-0.25, -0.2) is 15.0 Å². The lowest BCUT2D eigenvalue weighted by Gasteiger charge is -2.29.